The summed E-state index contributed by atoms with van der Waals surface area (Å²) in [4.78, 5) is 13.2. The number of thiophene rings is 1. The van der Waals surface area contributed by atoms with Gasteiger partial charge in [0.25, 0.3) is 0 Å². The van der Waals surface area contributed by atoms with Crippen LogP contribution in [0.1, 0.15) is 21.3 Å². The van der Waals surface area contributed by atoms with Crippen molar-refractivity contribution in [2.24, 2.45) is 0 Å². The largest absolute Gasteiger partial charge is 0.465 e. The lowest BCUT2D eigenvalue weighted by molar-refractivity contribution is -0.133. The van der Waals surface area contributed by atoms with Crippen molar-refractivity contribution in [3.05, 3.63) is 76.0 Å². The quantitative estimate of drug-likeness (QED) is 0.597. The van der Waals surface area contributed by atoms with Crippen LogP contribution in [0.5, 0.6) is 0 Å². The van der Waals surface area contributed by atoms with Gasteiger partial charge in [0.2, 0.25) is 0 Å². The normalized spacial score (nSPS) is 16.7. The summed E-state index contributed by atoms with van der Waals surface area (Å²) in [6, 6.07) is 18.8. The van der Waals surface area contributed by atoms with Crippen LogP contribution in [0.2, 0.25) is 0 Å². The standard InChI is InChI=1S/C19H14O2S2/c1-21-19(20)14-11-22-17(12-7-3-2-4-8-12)16-13-9-5-6-10-15(13)23-18(14)16/h2-11,17H,1H3. The summed E-state index contributed by atoms with van der Waals surface area (Å²) in [6.07, 6.45) is 0. The molecule has 0 saturated heterocycles. The lowest BCUT2D eigenvalue weighted by atomic mass is 9.98. The molecule has 1 aliphatic heterocycles. The maximum Gasteiger partial charge on any atom is 0.339 e. The van der Waals surface area contributed by atoms with E-state index in [1.54, 1.807) is 23.1 Å². The van der Waals surface area contributed by atoms with E-state index in [2.05, 4.69) is 42.5 Å². The van der Waals surface area contributed by atoms with Gasteiger partial charge in [0.05, 0.1) is 17.9 Å². The summed E-state index contributed by atoms with van der Waals surface area (Å²) >= 11 is 3.34. The second kappa shape index (κ2) is 5.87. The third-order valence-electron chi connectivity index (χ3n) is 3.97. The smallest absolute Gasteiger partial charge is 0.339 e. The Balaban J connectivity index is 1.96. The summed E-state index contributed by atoms with van der Waals surface area (Å²) in [6.45, 7) is 0. The summed E-state index contributed by atoms with van der Waals surface area (Å²) in [5.74, 6) is -0.267. The van der Waals surface area contributed by atoms with Gasteiger partial charge in [-0.1, -0.05) is 48.5 Å². The van der Waals surface area contributed by atoms with Gasteiger partial charge in [-0.3, -0.25) is 0 Å². The Morgan fingerprint density at radius 1 is 1.04 bits per heavy atom. The van der Waals surface area contributed by atoms with Gasteiger partial charge in [-0.05, 0) is 28.0 Å². The number of rotatable bonds is 2. The fraction of sp³-hybridized carbons (Fsp3) is 0.105. The molecule has 2 heterocycles. The van der Waals surface area contributed by atoms with Gasteiger partial charge < -0.3 is 4.74 Å². The maximum atomic E-state index is 12.2. The highest BCUT2D eigenvalue weighted by molar-refractivity contribution is 8.02. The fourth-order valence-electron chi connectivity index (χ4n) is 2.91. The third-order valence-corrected chi connectivity index (χ3v) is 6.34. The van der Waals surface area contributed by atoms with E-state index in [4.69, 9.17) is 4.74 Å². The molecule has 1 atom stereocenters. The molecule has 0 fully saturated rings. The van der Waals surface area contributed by atoms with Crippen LogP contribution in [0.3, 0.4) is 0 Å². The van der Waals surface area contributed by atoms with Crippen molar-refractivity contribution in [2.45, 2.75) is 5.25 Å². The number of carbonyl (C=O) groups excluding carboxylic acids is 1. The molecule has 0 amide bonds. The van der Waals surface area contributed by atoms with Crippen molar-refractivity contribution in [3.63, 3.8) is 0 Å². The maximum absolute atomic E-state index is 12.2. The van der Waals surface area contributed by atoms with Crippen LogP contribution in [-0.2, 0) is 9.53 Å². The minimum atomic E-state index is -0.267. The summed E-state index contributed by atoms with van der Waals surface area (Å²) < 4.78 is 6.17. The van der Waals surface area contributed by atoms with Crippen molar-refractivity contribution in [3.8, 4) is 0 Å². The van der Waals surface area contributed by atoms with Crippen LogP contribution in [0.25, 0.3) is 15.7 Å². The molecule has 4 rings (SSSR count). The Labute approximate surface area is 142 Å². The summed E-state index contributed by atoms with van der Waals surface area (Å²) in [5.41, 5.74) is 3.15. The Kier molecular flexibility index (Phi) is 3.71. The Morgan fingerprint density at radius 3 is 2.57 bits per heavy atom. The summed E-state index contributed by atoms with van der Waals surface area (Å²) in [7, 11) is 1.43. The summed E-state index contributed by atoms with van der Waals surface area (Å²) in [5, 5.41) is 3.38. The van der Waals surface area contributed by atoms with Gasteiger partial charge >= 0.3 is 5.97 Å². The van der Waals surface area contributed by atoms with Crippen molar-refractivity contribution < 1.29 is 9.53 Å². The third kappa shape index (κ3) is 2.38. The van der Waals surface area contributed by atoms with Crippen LogP contribution < -0.4 is 0 Å². The molecule has 23 heavy (non-hydrogen) atoms. The molecule has 0 N–H and O–H groups in total. The van der Waals surface area contributed by atoms with Gasteiger partial charge in [-0.15, -0.1) is 23.1 Å². The van der Waals surface area contributed by atoms with Crippen LogP contribution in [0, 0.1) is 0 Å². The monoisotopic (exact) mass is 338 g/mol. The molecule has 2 nitrogen and oxygen atoms in total. The number of ether oxygens (including phenoxy) is 1. The van der Waals surface area contributed by atoms with Gasteiger partial charge in [0, 0.05) is 9.58 Å². The minimum Gasteiger partial charge on any atom is -0.465 e. The van der Waals surface area contributed by atoms with Crippen LogP contribution in [-0.4, -0.2) is 13.1 Å². The Hall–Kier alpha value is -2.04. The van der Waals surface area contributed by atoms with Crippen LogP contribution in [0.4, 0.5) is 0 Å². The van der Waals surface area contributed by atoms with E-state index in [1.807, 2.05) is 17.5 Å². The van der Waals surface area contributed by atoms with Crippen molar-refractivity contribution in [1.29, 1.82) is 0 Å². The molecule has 0 saturated carbocycles. The molecule has 1 aromatic heterocycles. The molecule has 114 valence electrons. The Bertz CT molecular complexity index is 910. The topological polar surface area (TPSA) is 26.3 Å². The highest BCUT2D eigenvalue weighted by Crippen LogP contribution is 2.51. The van der Waals surface area contributed by atoms with Gasteiger partial charge in [-0.25, -0.2) is 4.79 Å². The van der Waals surface area contributed by atoms with Gasteiger partial charge in [0.15, 0.2) is 0 Å². The number of hydrogen-bond acceptors (Lipinski definition) is 4. The van der Waals surface area contributed by atoms with Crippen LogP contribution in [0.15, 0.2) is 60.0 Å². The molecule has 0 spiro atoms. The van der Waals surface area contributed by atoms with Crippen LogP contribution >= 0.6 is 23.1 Å². The average Bonchev–Trinajstić information content (AvgIpc) is 3.00. The number of hydrogen-bond donors (Lipinski definition) is 0. The molecule has 0 aliphatic carbocycles. The van der Waals surface area contributed by atoms with Gasteiger partial charge in [-0.2, -0.15) is 0 Å². The number of fused-ring (bicyclic) bond motifs is 3. The van der Waals surface area contributed by atoms with E-state index in [1.165, 1.54) is 28.3 Å². The molecular weight excluding hydrogens is 324 g/mol. The minimum absolute atomic E-state index is 0.204. The average molecular weight is 338 g/mol. The predicted octanol–water partition coefficient (Wildman–Crippen LogP) is 5.25. The van der Waals surface area contributed by atoms with E-state index in [0.717, 1.165) is 4.88 Å². The second-order valence-corrected chi connectivity index (χ2v) is 7.32. The first-order valence-corrected chi connectivity index (χ1v) is 9.06. The van der Waals surface area contributed by atoms with E-state index < -0.39 is 0 Å². The Morgan fingerprint density at radius 2 is 1.78 bits per heavy atom. The number of methoxy groups -OCH3 is 1. The van der Waals surface area contributed by atoms with Gasteiger partial charge in [0.1, 0.15) is 0 Å². The first-order chi connectivity index (χ1) is 11.3. The fourth-order valence-corrected chi connectivity index (χ4v) is 5.48. The highest BCUT2D eigenvalue weighted by atomic mass is 32.2. The molecule has 1 unspecified atom stereocenters. The van der Waals surface area contributed by atoms with E-state index >= 15 is 0 Å². The zero-order valence-electron chi connectivity index (χ0n) is 12.5. The zero-order valence-corrected chi connectivity index (χ0v) is 14.1. The van der Waals surface area contributed by atoms with Crippen molar-refractivity contribution in [1.82, 2.24) is 0 Å². The molecule has 1 aliphatic rings. The molecular formula is C19H14O2S2. The SMILES string of the molecule is COC(=O)C1=CSC(c2ccccc2)c2c1sc1ccccc21. The first-order valence-electron chi connectivity index (χ1n) is 7.30. The molecule has 4 heteroatoms. The lowest BCUT2D eigenvalue weighted by Gasteiger charge is -2.22. The second-order valence-electron chi connectivity index (χ2n) is 5.29. The van der Waals surface area contributed by atoms with E-state index in [-0.39, 0.29) is 11.2 Å². The number of esters is 1. The predicted molar refractivity (Wildman–Crippen MR) is 97.7 cm³/mol. The lowest BCUT2D eigenvalue weighted by Crippen LogP contribution is -2.09. The molecule has 2 aromatic carbocycles. The highest BCUT2D eigenvalue weighted by Gasteiger charge is 2.31. The molecule has 3 aromatic rings. The number of carbonyl (C=O) groups is 1. The molecule has 0 bridgehead atoms. The van der Waals surface area contributed by atoms with Crippen molar-refractivity contribution in [2.75, 3.05) is 7.11 Å². The first kappa shape index (κ1) is 14.5. The van der Waals surface area contributed by atoms with E-state index in [9.17, 15) is 4.79 Å². The zero-order chi connectivity index (χ0) is 15.8. The molecule has 0 radical (unpaired) electrons. The van der Waals surface area contributed by atoms with Crippen molar-refractivity contribution >= 4 is 44.7 Å². The number of thioether (sulfide) groups is 1. The van der Waals surface area contributed by atoms with E-state index in [0.29, 0.717) is 5.57 Å². The number of benzene rings is 2.